The molecule has 0 aliphatic rings. The fourth-order valence-corrected chi connectivity index (χ4v) is 3.93. The van der Waals surface area contributed by atoms with Crippen molar-refractivity contribution in [1.29, 1.82) is 0 Å². The quantitative estimate of drug-likeness (QED) is 0.938. The standard InChI is InChI=1S/C17H20FNOS/c1-11-8-12(2)17(13(3)9-11)15(19)10-21(20)16-7-5-4-6-14(16)18/h4-9,15H,10,19H2,1-3H3. The molecule has 112 valence electrons. The molecule has 2 atom stereocenters. The van der Waals surface area contributed by atoms with Gasteiger partial charge < -0.3 is 5.73 Å². The maximum absolute atomic E-state index is 13.7. The highest BCUT2D eigenvalue weighted by Gasteiger charge is 2.18. The van der Waals surface area contributed by atoms with E-state index in [1.165, 1.54) is 11.6 Å². The number of hydrogen-bond acceptors (Lipinski definition) is 2. The van der Waals surface area contributed by atoms with Gasteiger partial charge in [-0.25, -0.2) is 4.39 Å². The predicted octanol–water partition coefficient (Wildman–Crippen LogP) is 3.56. The molecule has 2 nitrogen and oxygen atoms in total. The Labute approximate surface area is 127 Å². The van der Waals surface area contributed by atoms with Gasteiger partial charge in [0.1, 0.15) is 5.82 Å². The molecule has 0 fully saturated rings. The summed E-state index contributed by atoms with van der Waals surface area (Å²) in [5.41, 5.74) is 10.6. The average Bonchev–Trinajstić information content (AvgIpc) is 2.37. The Morgan fingerprint density at radius 1 is 1.14 bits per heavy atom. The van der Waals surface area contributed by atoms with Crippen LogP contribution < -0.4 is 5.73 Å². The van der Waals surface area contributed by atoms with Crippen molar-refractivity contribution in [3.63, 3.8) is 0 Å². The number of nitrogens with two attached hydrogens (primary N) is 1. The first-order valence-corrected chi connectivity index (χ1v) is 8.18. The molecule has 2 aromatic carbocycles. The van der Waals surface area contributed by atoms with Crippen LogP contribution in [0.15, 0.2) is 41.3 Å². The molecule has 0 amide bonds. The summed E-state index contributed by atoms with van der Waals surface area (Å²) in [4.78, 5) is 0.218. The van der Waals surface area contributed by atoms with Gasteiger partial charge in [-0.3, -0.25) is 4.21 Å². The van der Waals surface area contributed by atoms with Crippen molar-refractivity contribution in [2.24, 2.45) is 5.73 Å². The maximum Gasteiger partial charge on any atom is 0.139 e. The third-order valence-electron chi connectivity index (χ3n) is 3.52. The van der Waals surface area contributed by atoms with Crippen molar-refractivity contribution >= 4 is 10.8 Å². The number of rotatable bonds is 4. The van der Waals surface area contributed by atoms with E-state index < -0.39 is 16.6 Å². The summed E-state index contributed by atoms with van der Waals surface area (Å²) in [6.07, 6.45) is 0. The molecule has 0 saturated carbocycles. The van der Waals surface area contributed by atoms with Crippen molar-refractivity contribution in [2.45, 2.75) is 31.7 Å². The molecular formula is C17H20FNOS. The van der Waals surface area contributed by atoms with Gasteiger partial charge in [-0.15, -0.1) is 0 Å². The molecule has 0 heterocycles. The SMILES string of the molecule is Cc1cc(C)c(C(N)CS(=O)c2ccccc2F)c(C)c1. The third kappa shape index (κ3) is 3.57. The van der Waals surface area contributed by atoms with Gasteiger partial charge in [0.2, 0.25) is 0 Å². The summed E-state index contributed by atoms with van der Waals surface area (Å²) in [5, 5.41) is 0. The van der Waals surface area contributed by atoms with Gasteiger partial charge in [0.05, 0.1) is 15.7 Å². The van der Waals surface area contributed by atoms with Crippen molar-refractivity contribution in [1.82, 2.24) is 0 Å². The molecule has 0 saturated heterocycles. The van der Waals surface area contributed by atoms with Crippen molar-refractivity contribution in [3.8, 4) is 0 Å². The lowest BCUT2D eigenvalue weighted by Crippen LogP contribution is -2.21. The number of aryl methyl sites for hydroxylation is 3. The van der Waals surface area contributed by atoms with E-state index >= 15 is 0 Å². The lowest BCUT2D eigenvalue weighted by Gasteiger charge is -2.18. The Bertz CT molecular complexity index is 661. The second-order valence-electron chi connectivity index (χ2n) is 5.36. The summed E-state index contributed by atoms with van der Waals surface area (Å²) < 4.78 is 26.0. The monoisotopic (exact) mass is 305 g/mol. The molecule has 4 heteroatoms. The molecule has 2 aromatic rings. The van der Waals surface area contributed by atoms with Crippen LogP contribution >= 0.6 is 0 Å². The van der Waals surface area contributed by atoms with Crippen LogP contribution in [0.25, 0.3) is 0 Å². The van der Waals surface area contributed by atoms with Crippen LogP contribution in [0, 0.1) is 26.6 Å². The predicted molar refractivity (Wildman–Crippen MR) is 85.3 cm³/mol. The highest BCUT2D eigenvalue weighted by Crippen LogP contribution is 2.24. The molecule has 2 rings (SSSR count). The third-order valence-corrected chi connectivity index (χ3v) is 5.01. The molecule has 2 N–H and O–H groups in total. The van der Waals surface area contributed by atoms with Crippen LogP contribution in [-0.2, 0) is 10.8 Å². The van der Waals surface area contributed by atoms with Gasteiger partial charge in [0.15, 0.2) is 0 Å². The van der Waals surface area contributed by atoms with Gasteiger partial charge in [-0.2, -0.15) is 0 Å². The largest absolute Gasteiger partial charge is 0.323 e. The van der Waals surface area contributed by atoms with Gasteiger partial charge in [-0.1, -0.05) is 29.8 Å². The minimum atomic E-state index is -1.45. The lowest BCUT2D eigenvalue weighted by molar-refractivity contribution is 0.594. The first kappa shape index (κ1) is 15.9. The van der Waals surface area contributed by atoms with Crippen LogP contribution in [0.2, 0.25) is 0 Å². The average molecular weight is 305 g/mol. The van der Waals surface area contributed by atoms with Crippen molar-refractivity contribution in [2.75, 3.05) is 5.75 Å². The summed E-state index contributed by atoms with van der Waals surface area (Å²) >= 11 is 0. The second kappa shape index (κ2) is 6.50. The minimum absolute atomic E-state index is 0.214. The first-order valence-electron chi connectivity index (χ1n) is 6.86. The maximum atomic E-state index is 13.7. The van der Waals surface area contributed by atoms with Crippen LogP contribution in [0.1, 0.15) is 28.3 Å². The van der Waals surface area contributed by atoms with E-state index in [0.29, 0.717) is 0 Å². The Kier molecular flexibility index (Phi) is 4.91. The van der Waals surface area contributed by atoms with Gasteiger partial charge in [0, 0.05) is 11.8 Å². The highest BCUT2D eigenvalue weighted by atomic mass is 32.2. The van der Waals surface area contributed by atoms with Crippen molar-refractivity contribution in [3.05, 3.63) is 64.5 Å². The van der Waals surface area contributed by atoms with Crippen LogP contribution in [0.3, 0.4) is 0 Å². The molecule has 2 unspecified atom stereocenters. The van der Waals surface area contributed by atoms with Gasteiger partial charge in [-0.05, 0) is 49.6 Å². The number of halogens is 1. The van der Waals surface area contributed by atoms with Gasteiger partial charge >= 0.3 is 0 Å². The van der Waals surface area contributed by atoms with Crippen molar-refractivity contribution < 1.29 is 8.60 Å². The molecule has 0 aliphatic heterocycles. The summed E-state index contributed by atoms with van der Waals surface area (Å²) in [6.45, 7) is 6.04. The normalized spacial score (nSPS) is 14.0. The second-order valence-corrected chi connectivity index (χ2v) is 6.83. The summed E-state index contributed by atoms with van der Waals surface area (Å²) in [6, 6.07) is 9.90. The van der Waals surface area contributed by atoms with Crippen LogP contribution in [0.4, 0.5) is 4.39 Å². The summed E-state index contributed by atoms with van der Waals surface area (Å²) in [5.74, 6) is -0.230. The number of benzene rings is 2. The zero-order chi connectivity index (χ0) is 15.6. The molecule has 0 spiro atoms. The van der Waals surface area contributed by atoms with Gasteiger partial charge in [0.25, 0.3) is 0 Å². The topological polar surface area (TPSA) is 43.1 Å². The van der Waals surface area contributed by atoms with E-state index in [0.717, 1.165) is 16.7 Å². The summed E-state index contributed by atoms with van der Waals surface area (Å²) in [7, 11) is -1.45. The zero-order valence-electron chi connectivity index (χ0n) is 12.5. The Morgan fingerprint density at radius 3 is 2.29 bits per heavy atom. The fourth-order valence-electron chi connectivity index (χ4n) is 2.74. The van der Waals surface area contributed by atoms with E-state index in [9.17, 15) is 8.60 Å². The highest BCUT2D eigenvalue weighted by molar-refractivity contribution is 7.85. The zero-order valence-corrected chi connectivity index (χ0v) is 13.3. The lowest BCUT2D eigenvalue weighted by atomic mass is 9.95. The van der Waals surface area contributed by atoms with E-state index in [4.69, 9.17) is 5.73 Å². The Balaban J connectivity index is 2.25. The molecule has 0 radical (unpaired) electrons. The van der Waals surface area contributed by atoms with Crippen LogP contribution in [-0.4, -0.2) is 9.96 Å². The van der Waals surface area contributed by atoms with E-state index in [1.807, 2.05) is 20.8 Å². The Morgan fingerprint density at radius 2 is 1.71 bits per heavy atom. The van der Waals surface area contributed by atoms with Crippen LogP contribution in [0.5, 0.6) is 0 Å². The Hall–Kier alpha value is -1.52. The number of hydrogen-bond donors (Lipinski definition) is 1. The van der Waals surface area contributed by atoms with E-state index in [1.54, 1.807) is 18.2 Å². The molecule has 0 aliphatic carbocycles. The molecular weight excluding hydrogens is 285 g/mol. The van der Waals surface area contributed by atoms with E-state index in [-0.39, 0.29) is 16.7 Å². The molecule has 0 bridgehead atoms. The first-order chi connectivity index (χ1) is 9.90. The molecule has 0 aromatic heterocycles. The molecule has 21 heavy (non-hydrogen) atoms. The fraction of sp³-hybridized carbons (Fsp3) is 0.294. The van der Waals surface area contributed by atoms with E-state index in [2.05, 4.69) is 12.1 Å². The minimum Gasteiger partial charge on any atom is -0.323 e. The smallest absolute Gasteiger partial charge is 0.139 e.